The van der Waals surface area contributed by atoms with E-state index in [1.165, 1.54) is 24.1 Å². The van der Waals surface area contributed by atoms with Crippen molar-refractivity contribution in [3.8, 4) is 0 Å². The number of hydrogen-bond acceptors (Lipinski definition) is 3. The number of carbonyl (C=O) groups excluding carboxylic acids is 2. The van der Waals surface area contributed by atoms with Gasteiger partial charge in [0.2, 0.25) is 11.8 Å². The maximum atomic E-state index is 11.4. The van der Waals surface area contributed by atoms with Gasteiger partial charge in [-0.25, -0.2) is 0 Å². The van der Waals surface area contributed by atoms with Crippen molar-refractivity contribution in [1.82, 2.24) is 15.5 Å². The second-order valence-electron chi connectivity index (χ2n) is 5.81. The van der Waals surface area contributed by atoms with Gasteiger partial charge in [-0.05, 0) is 37.2 Å². The highest BCUT2D eigenvalue weighted by atomic mass is 16.2. The molecule has 0 aromatic carbocycles. The van der Waals surface area contributed by atoms with E-state index in [2.05, 4.69) is 22.4 Å². The van der Waals surface area contributed by atoms with Crippen LogP contribution in [0.3, 0.4) is 0 Å². The van der Waals surface area contributed by atoms with Crippen LogP contribution in [0.1, 0.15) is 55.5 Å². The molecule has 0 spiro atoms. The summed E-state index contributed by atoms with van der Waals surface area (Å²) in [4.78, 5) is 22.8. The number of aromatic amines is 1. The van der Waals surface area contributed by atoms with E-state index in [1.807, 2.05) is 0 Å². The Balaban J connectivity index is 1.77. The van der Waals surface area contributed by atoms with Gasteiger partial charge in [0.05, 0.1) is 5.69 Å². The molecule has 19 heavy (non-hydrogen) atoms. The molecule has 1 fully saturated rings. The average molecular weight is 261 g/mol. The van der Waals surface area contributed by atoms with Crippen molar-refractivity contribution in [2.24, 2.45) is 5.92 Å². The molecule has 5 heteroatoms. The fraction of sp³-hybridized carbons (Fsp3) is 0.643. The molecule has 0 radical (unpaired) electrons. The van der Waals surface area contributed by atoms with Crippen molar-refractivity contribution in [2.75, 3.05) is 0 Å². The van der Waals surface area contributed by atoms with Gasteiger partial charge >= 0.3 is 0 Å². The van der Waals surface area contributed by atoms with Gasteiger partial charge in [0.1, 0.15) is 0 Å². The van der Waals surface area contributed by atoms with Crippen molar-refractivity contribution in [1.29, 1.82) is 0 Å². The number of aromatic nitrogens is 2. The third-order valence-electron chi connectivity index (χ3n) is 4.24. The molecular weight excluding hydrogens is 242 g/mol. The highest BCUT2D eigenvalue weighted by Crippen LogP contribution is 2.32. The van der Waals surface area contributed by atoms with E-state index >= 15 is 0 Å². The summed E-state index contributed by atoms with van der Waals surface area (Å²) in [5, 5.41) is 9.92. The van der Waals surface area contributed by atoms with Gasteiger partial charge in [-0.3, -0.25) is 20.0 Å². The zero-order valence-corrected chi connectivity index (χ0v) is 11.2. The van der Waals surface area contributed by atoms with Gasteiger partial charge in [0, 0.05) is 24.5 Å². The van der Waals surface area contributed by atoms with Crippen LogP contribution in [0.5, 0.6) is 0 Å². The number of hydrogen-bond donors (Lipinski definition) is 2. The zero-order valence-electron chi connectivity index (χ0n) is 11.2. The van der Waals surface area contributed by atoms with Crippen LogP contribution in [-0.2, 0) is 22.4 Å². The van der Waals surface area contributed by atoms with Crippen LogP contribution in [-0.4, -0.2) is 22.0 Å². The second kappa shape index (κ2) is 4.79. The number of carbonyl (C=O) groups is 2. The van der Waals surface area contributed by atoms with Gasteiger partial charge in [-0.1, -0.05) is 6.92 Å². The minimum Gasteiger partial charge on any atom is -0.296 e. The normalized spacial score (nSPS) is 24.2. The van der Waals surface area contributed by atoms with Gasteiger partial charge in [0.15, 0.2) is 0 Å². The summed E-state index contributed by atoms with van der Waals surface area (Å²) in [6.45, 7) is 2.21. The van der Waals surface area contributed by atoms with E-state index < -0.39 is 0 Å². The topological polar surface area (TPSA) is 74.8 Å². The van der Waals surface area contributed by atoms with Gasteiger partial charge in [-0.15, -0.1) is 0 Å². The Morgan fingerprint density at radius 1 is 1.26 bits per heavy atom. The van der Waals surface area contributed by atoms with Crippen molar-refractivity contribution in [3.63, 3.8) is 0 Å². The number of piperidine rings is 1. The summed E-state index contributed by atoms with van der Waals surface area (Å²) in [5.74, 6) is 0.332. The Bertz CT molecular complexity index is 505. The van der Waals surface area contributed by atoms with E-state index in [4.69, 9.17) is 0 Å². The molecule has 2 N–H and O–H groups in total. The Labute approximate surface area is 112 Å². The molecule has 2 amide bonds. The highest BCUT2D eigenvalue weighted by molar-refractivity contribution is 5.97. The number of fused-ring (bicyclic) bond motifs is 1. The summed E-state index contributed by atoms with van der Waals surface area (Å²) in [6.07, 6.45) is 5.10. The lowest BCUT2D eigenvalue weighted by Crippen LogP contribution is -2.39. The van der Waals surface area contributed by atoms with Gasteiger partial charge in [-0.2, -0.15) is 5.10 Å². The molecule has 1 aromatic rings. The molecule has 2 heterocycles. The Kier molecular flexibility index (Phi) is 3.12. The van der Waals surface area contributed by atoms with Crippen molar-refractivity contribution in [2.45, 2.75) is 51.4 Å². The quantitative estimate of drug-likeness (QED) is 0.791. The number of nitrogens with zero attached hydrogens (tertiary/aromatic N) is 1. The molecule has 0 saturated carbocycles. The van der Waals surface area contributed by atoms with Crippen LogP contribution in [0.4, 0.5) is 0 Å². The van der Waals surface area contributed by atoms with Crippen LogP contribution in [0, 0.1) is 5.92 Å². The number of rotatable bonds is 2. The fourth-order valence-corrected chi connectivity index (χ4v) is 3.28. The predicted molar refractivity (Wildman–Crippen MR) is 69.5 cm³/mol. The molecule has 102 valence electrons. The first-order valence-corrected chi connectivity index (χ1v) is 7.02. The van der Waals surface area contributed by atoms with E-state index in [-0.39, 0.29) is 17.7 Å². The summed E-state index contributed by atoms with van der Waals surface area (Å²) in [5.41, 5.74) is 3.65. The van der Waals surface area contributed by atoms with Gasteiger partial charge < -0.3 is 0 Å². The molecule has 1 aromatic heterocycles. The lowest BCUT2D eigenvalue weighted by molar-refractivity contribution is -0.134. The smallest absolute Gasteiger partial charge is 0.226 e. The number of amides is 2. The molecule has 1 atom stereocenters. The predicted octanol–water partition coefficient (Wildman–Crippen LogP) is 1.44. The molecular formula is C14H19N3O2. The SMILES string of the molecule is CC1CCCc2c1n[nH]c2CC1CC(=O)NC(=O)C1. The second-order valence-corrected chi connectivity index (χ2v) is 5.81. The van der Waals surface area contributed by atoms with Crippen LogP contribution >= 0.6 is 0 Å². The van der Waals surface area contributed by atoms with E-state index in [0.29, 0.717) is 18.8 Å². The molecule has 1 aliphatic carbocycles. The average Bonchev–Trinajstić information content (AvgIpc) is 2.73. The summed E-state index contributed by atoms with van der Waals surface area (Å²) in [7, 11) is 0. The Morgan fingerprint density at radius 2 is 2.00 bits per heavy atom. The minimum atomic E-state index is -0.150. The van der Waals surface area contributed by atoms with Crippen LogP contribution in [0.25, 0.3) is 0 Å². The van der Waals surface area contributed by atoms with Crippen molar-refractivity contribution < 1.29 is 9.59 Å². The van der Waals surface area contributed by atoms with E-state index in [0.717, 1.165) is 18.5 Å². The lowest BCUT2D eigenvalue weighted by atomic mass is 9.85. The van der Waals surface area contributed by atoms with Crippen LogP contribution < -0.4 is 5.32 Å². The maximum Gasteiger partial charge on any atom is 0.226 e. The monoisotopic (exact) mass is 261 g/mol. The third kappa shape index (κ3) is 2.41. The highest BCUT2D eigenvalue weighted by Gasteiger charge is 2.28. The van der Waals surface area contributed by atoms with E-state index in [1.54, 1.807) is 0 Å². The molecule has 1 saturated heterocycles. The largest absolute Gasteiger partial charge is 0.296 e. The third-order valence-corrected chi connectivity index (χ3v) is 4.24. The molecule has 1 unspecified atom stereocenters. The van der Waals surface area contributed by atoms with E-state index in [9.17, 15) is 9.59 Å². The molecule has 3 rings (SSSR count). The standard InChI is InChI=1S/C14H19N3O2/c1-8-3-2-4-10-11(16-17-14(8)10)5-9-6-12(18)15-13(19)7-9/h8-9H,2-7H2,1H3,(H,16,17)(H,15,18,19). The van der Waals surface area contributed by atoms with Crippen molar-refractivity contribution >= 4 is 11.8 Å². The maximum absolute atomic E-state index is 11.4. The first kappa shape index (κ1) is 12.4. The van der Waals surface area contributed by atoms with Crippen LogP contribution in [0.2, 0.25) is 0 Å². The number of H-pyrrole nitrogens is 1. The molecule has 0 bridgehead atoms. The minimum absolute atomic E-state index is 0.114. The summed E-state index contributed by atoms with van der Waals surface area (Å²) >= 11 is 0. The molecule has 2 aliphatic rings. The molecule has 5 nitrogen and oxygen atoms in total. The molecule has 1 aliphatic heterocycles. The van der Waals surface area contributed by atoms with Crippen LogP contribution in [0.15, 0.2) is 0 Å². The Hall–Kier alpha value is -1.65. The van der Waals surface area contributed by atoms with Gasteiger partial charge in [0.25, 0.3) is 0 Å². The lowest BCUT2D eigenvalue weighted by Gasteiger charge is -2.22. The first-order valence-electron chi connectivity index (χ1n) is 7.02. The van der Waals surface area contributed by atoms with Crippen molar-refractivity contribution in [3.05, 3.63) is 17.0 Å². The number of nitrogens with one attached hydrogen (secondary N) is 2. The first-order chi connectivity index (χ1) is 9.13. The fourth-order valence-electron chi connectivity index (χ4n) is 3.28. The summed E-state index contributed by atoms with van der Waals surface area (Å²) in [6, 6.07) is 0. The summed E-state index contributed by atoms with van der Waals surface area (Å²) < 4.78 is 0. The Morgan fingerprint density at radius 3 is 2.74 bits per heavy atom. The zero-order chi connectivity index (χ0) is 13.4. The number of imide groups is 1.